The molecule has 0 aromatic heterocycles. The van der Waals surface area contributed by atoms with E-state index in [9.17, 15) is 10.2 Å². The van der Waals surface area contributed by atoms with Crippen LogP contribution in [0.2, 0.25) is 0 Å². The van der Waals surface area contributed by atoms with Crippen molar-refractivity contribution in [3.8, 4) is 6.07 Å². The molecule has 0 aromatic rings. The van der Waals surface area contributed by atoms with Gasteiger partial charge in [-0.2, -0.15) is 5.26 Å². The third-order valence-corrected chi connectivity index (χ3v) is 3.19. The van der Waals surface area contributed by atoms with Gasteiger partial charge >= 0.3 is 0 Å². The van der Waals surface area contributed by atoms with Gasteiger partial charge in [-0.15, -0.1) is 0 Å². The van der Waals surface area contributed by atoms with Gasteiger partial charge in [-0.1, -0.05) is 0 Å². The highest BCUT2D eigenvalue weighted by atomic mass is 16.5. The number of nitrogens with zero attached hydrogens (tertiary/aromatic N) is 2. The van der Waals surface area contributed by atoms with Crippen molar-refractivity contribution in [2.24, 2.45) is 4.99 Å². The van der Waals surface area contributed by atoms with Crippen molar-refractivity contribution >= 4 is 5.71 Å². The van der Waals surface area contributed by atoms with Crippen molar-refractivity contribution in [2.45, 2.75) is 58.3 Å². The van der Waals surface area contributed by atoms with Gasteiger partial charge in [0.05, 0.1) is 35.2 Å². The molecule has 0 saturated carbocycles. The fraction of sp³-hybridized carbons (Fsp3) is 0.625. The van der Waals surface area contributed by atoms with Crippen LogP contribution in [0.4, 0.5) is 0 Å². The summed E-state index contributed by atoms with van der Waals surface area (Å²) in [6.45, 7) is 10.5. The van der Waals surface area contributed by atoms with Crippen molar-refractivity contribution in [1.29, 1.82) is 5.26 Å². The lowest BCUT2D eigenvalue weighted by atomic mass is 10.0. The molecule has 122 valence electrons. The molecule has 0 spiro atoms. The zero-order chi connectivity index (χ0) is 17.2. The Labute approximate surface area is 131 Å². The average molecular weight is 307 g/mol. The standard InChI is InChI=1S/C16H25N3O3/c1-14(2,10-20)19-12-9-13(22-16(12,5)6)18-11(7-8-17)15(3,4)21/h7,9,18,20-21H,10H2,1-6H3. The zero-order valence-corrected chi connectivity index (χ0v) is 14.1. The van der Waals surface area contributed by atoms with E-state index in [0.717, 1.165) is 0 Å². The SMILES string of the molecule is CC(C)(CO)N=C1C=C(NC(=CC#N)C(C)(C)O)OC1(C)C. The first-order valence-electron chi connectivity index (χ1n) is 7.13. The normalized spacial score (nSPS) is 20.4. The number of hydrogen-bond donors (Lipinski definition) is 3. The summed E-state index contributed by atoms with van der Waals surface area (Å²) < 4.78 is 5.80. The Balaban J connectivity index is 3.10. The number of nitriles is 1. The number of aliphatic hydroxyl groups is 2. The molecule has 0 atom stereocenters. The second-order valence-corrected chi connectivity index (χ2v) is 6.96. The maximum Gasteiger partial charge on any atom is 0.194 e. The predicted molar refractivity (Wildman–Crippen MR) is 85.0 cm³/mol. The minimum absolute atomic E-state index is 0.0769. The van der Waals surface area contributed by atoms with Crippen molar-refractivity contribution in [2.75, 3.05) is 6.61 Å². The third kappa shape index (κ3) is 4.58. The van der Waals surface area contributed by atoms with Crippen LogP contribution >= 0.6 is 0 Å². The number of ether oxygens (including phenoxy) is 1. The average Bonchev–Trinajstić information content (AvgIpc) is 2.62. The minimum atomic E-state index is -1.20. The Kier molecular flexibility index (Phi) is 5.06. The van der Waals surface area contributed by atoms with Crippen LogP contribution in [0, 0.1) is 11.3 Å². The van der Waals surface area contributed by atoms with Gasteiger partial charge in [0, 0.05) is 12.2 Å². The van der Waals surface area contributed by atoms with E-state index in [4.69, 9.17) is 10.00 Å². The van der Waals surface area contributed by atoms with Gasteiger partial charge in [-0.05, 0) is 41.5 Å². The molecule has 0 aromatic carbocycles. The van der Waals surface area contributed by atoms with Gasteiger partial charge in [0.15, 0.2) is 5.88 Å². The van der Waals surface area contributed by atoms with Crippen molar-refractivity contribution < 1.29 is 14.9 Å². The summed E-state index contributed by atoms with van der Waals surface area (Å²) in [4.78, 5) is 4.52. The van der Waals surface area contributed by atoms with Crippen molar-refractivity contribution in [1.82, 2.24) is 5.32 Å². The van der Waals surface area contributed by atoms with Gasteiger partial charge in [0.1, 0.15) is 5.60 Å². The summed E-state index contributed by atoms with van der Waals surface area (Å²) in [6.07, 6.45) is 2.96. The summed E-state index contributed by atoms with van der Waals surface area (Å²) in [5, 5.41) is 31.2. The topological polar surface area (TPSA) is 97.9 Å². The van der Waals surface area contributed by atoms with Crippen molar-refractivity contribution in [3.05, 3.63) is 23.7 Å². The molecular weight excluding hydrogens is 282 g/mol. The first-order chi connectivity index (χ1) is 9.91. The molecule has 1 rings (SSSR count). The molecule has 6 nitrogen and oxygen atoms in total. The largest absolute Gasteiger partial charge is 0.466 e. The molecule has 6 heteroatoms. The van der Waals surface area contributed by atoms with Gasteiger partial charge < -0.3 is 20.3 Å². The summed E-state index contributed by atoms with van der Waals surface area (Å²) in [7, 11) is 0. The Morgan fingerprint density at radius 1 is 1.45 bits per heavy atom. The molecule has 0 amide bonds. The molecule has 1 aliphatic rings. The van der Waals surface area contributed by atoms with Crippen LogP contribution in [0.3, 0.4) is 0 Å². The summed E-state index contributed by atoms with van der Waals surface area (Å²) >= 11 is 0. The quantitative estimate of drug-likeness (QED) is 0.670. The highest BCUT2D eigenvalue weighted by Gasteiger charge is 2.36. The second kappa shape index (κ2) is 6.11. The van der Waals surface area contributed by atoms with Gasteiger partial charge in [0.25, 0.3) is 0 Å². The van der Waals surface area contributed by atoms with Crippen LogP contribution in [0.25, 0.3) is 0 Å². The summed E-state index contributed by atoms with van der Waals surface area (Å²) in [5.74, 6) is 0.404. The Morgan fingerprint density at radius 2 is 2.05 bits per heavy atom. The summed E-state index contributed by atoms with van der Waals surface area (Å²) in [5.41, 5.74) is -1.45. The molecule has 0 saturated heterocycles. The van der Waals surface area contributed by atoms with E-state index in [0.29, 0.717) is 17.3 Å². The number of nitrogens with one attached hydrogen (secondary N) is 1. The van der Waals surface area contributed by atoms with E-state index >= 15 is 0 Å². The van der Waals surface area contributed by atoms with Crippen LogP contribution < -0.4 is 5.32 Å². The molecule has 22 heavy (non-hydrogen) atoms. The van der Waals surface area contributed by atoms with Crippen LogP contribution in [0.15, 0.2) is 28.7 Å². The van der Waals surface area contributed by atoms with E-state index in [-0.39, 0.29) is 6.61 Å². The molecule has 0 unspecified atom stereocenters. The van der Waals surface area contributed by atoms with E-state index in [1.165, 1.54) is 6.08 Å². The number of aliphatic hydroxyl groups excluding tert-OH is 1. The molecular formula is C16H25N3O3. The van der Waals surface area contributed by atoms with E-state index in [1.807, 2.05) is 33.8 Å². The molecule has 0 radical (unpaired) electrons. The molecule has 1 heterocycles. The van der Waals surface area contributed by atoms with Gasteiger partial charge in [-0.3, -0.25) is 4.99 Å². The number of allylic oxidation sites excluding steroid dienone is 1. The second-order valence-electron chi connectivity index (χ2n) is 6.96. The lowest BCUT2D eigenvalue weighted by Crippen LogP contribution is -2.35. The Bertz CT molecular complexity index is 558. The monoisotopic (exact) mass is 307 g/mol. The van der Waals surface area contributed by atoms with Gasteiger partial charge in [0.2, 0.25) is 0 Å². The molecule has 0 fully saturated rings. The minimum Gasteiger partial charge on any atom is -0.466 e. The fourth-order valence-corrected chi connectivity index (χ4v) is 1.81. The highest BCUT2D eigenvalue weighted by Crippen LogP contribution is 2.28. The Hall–Kier alpha value is -1.84. The van der Waals surface area contributed by atoms with Crippen LogP contribution in [0.5, 0.6) is 0 Å². The first kappa shape index (κ1) is 18.2. The maximum absolute atomic E-state index is 10.1. The number of rotatable bonds is 5. The molecule has 3 N–H and O–H groups in total. The van der Waals surface area contributed by atoms with E-state index in [1.54, 1.807) is 19.9 Å². The lowest BCUT2D eigenvalue weighted by Gasteiger charge is -2.26. The summed E-state index contributed by atoms with van der Waals surface area (Å²) in [6, 6.07) is 1.90. The fourth-order valence-electron chi connectivity index (χ4n) is 1.81. The highest BCUT2D eigenvalue weighted by molar-refractivity contribution is 6.03. The number of aliphatic imine (C=N–C) groups is 1. The van der Waals surface area contributed by atoms with Crippen LogP contribution in [0.1, 0.15) is 41.5 Å². The predicted octanol–water partition coefficient (Wildman–Crippen LogP) is 1.62. The number of hydrogen-bond acceptors (Lipinski definition) is 6. The zero-order valence-electron chi connectivity index (χ0n) is 14.1. The van der Waals surface area contributed by atoms with Crippen LogP contribution in [-0.2, 0) is 4.74 Å². The lowest BCUT2D eigenvalue weighted by molar-refractivity contribution is 0.0799. The molecule has 0 bridgehead atoms. The van der Waals surface area contributed by atoms with E-state index in [2.05, 4.69) is 10.3 Å². The third-order valence-electron chi connectivity index (χ3n) is 3.19. The van der Waals surface area contributed by atoms with Crippen LogP contribution in [-0.4, -0.2) is 39.3 Å². The van der Waals surface area contributed by atoms with Gasteiger partial charge in [-0.25, -0.2) is 0 Å². The Morgan fingerprint density at radius 3 is 2.50 bits per heavy atom. The molecule has 1 aliphatic heterocycles. The smallest absolute Gasteiger partial charge is 0.194 e. The van der Waals surface area contributed by atoms with Crippen molar-refractivity contribution in [3.63, 3.8) is 0 Å². The molecule has 0 aliphatic carbocycles. The first-order valence-corrected chi connectivity index (χ1v) is 7.13. The van der Waals surface area contributed by atoms with E-state index < -0.39 is 16.7 Å². The maximum atomic E-state index is 10.1.